The molecule has 2 aromatic carbocycles. The summed E-state index contributed by atoms with van der Waals surface area (Å²) in [4.78, 5) is 2.02. The van der Waals surface area contributed by atoms with Gasteiger partial charge in [0.15, 0.2) is 0 Å². The van der Waals surface area contributed by atoms with Crippen molar-refractivity contribution in [1.82, 2.24) is 4.90 Å². The Morgan fingerprint density at radius 1 is 1.28 bits per heavy atom. The highest BCUT2D eigenvalue weighted by molar-refractivity contribution is 7.84. The average molecular weight is 419 g/mol. The standard InChI is InChI=1S/C20H22FN3O4S/c1-24(2)11-3-10-20(15-5-7-16(21)8-6-15)18-9-4-14(13-22)12-17(18)19(27-20)28-29(23,25)26/h4-9,12,19H,3,10-11H2,1-2H3,(H2,23,25,26). The number of nitrogens with two attached hydrogens (primary N) is 1. The molecule has 1 aliphatic heterocycles. The van der Waals surface area contributed by atoms with E-state index in [-0.39, 0.29) is 0 Å². The highest BCUT2D eigenvalue weighted by atomic mass is 32.2. The third kappa shape index (κ3) is 4.63. The lowest BCUT2D eigenvalue weighted by Gasteiger charge is -2.31. The minimum absolute atomic E-state index is 0.332. The maximum atomic E-state index is 13.5. The van der Waals surface area contributed by atoms with Crippen molar-refractivity contribution in [2.24, 2.45) is 5.14 Å². The number of halogens is 1. The van der Waals surface area contributed by atoms with Crippen LogP contribution in [-0.4, -0.2) is 34.0 Å². The normalized spacial score (nSPS) is 21.2. The highest BCUT2D eigenvalue weighted by Crippen LogP contribution is 2.51. The molecule has 0 saturated heterocycles. The second kappa shape index (κ2) is 8.18. The summed E-state index contributed by atoms with van der Waals surface area (Å²) >= 11 is 0. The van der Waals surface area contributed by atoms with E-state index in [1.54, 1.807) is 24.3 Å². The summed E-state index contributed by atoms with van der Waals surface area (Å²) in [5.41, 5.74) is 0.994. The fraction of sp³-hybridized carbons (Fsp3) is 0.350. The van der Waals surface area contributed by atoms with Crippen LogP contribution >= 0.6 is 0 Å². The van der Waals surface area contributed by atoms with E-state index in [2.05, 4.69) is 0 Å². The zero-order valence-electron chi connectivity index (χ0n) is 16.1. The summed E-state index contributed by atoms with van der Waals surface area (Å²) in [7, 11) is -0.430. The number of fused-ring (bicyclic) bond motifs is 1. The van der Waals surface area contributed by atoms with Gasteiger partial charge in [-0.15, -0.1) is 0 Å². The van der Waals surface area contributed by atoms with Gasteiger partial charge >= 0.3 is 10.3 Å². The number of ether oxygens (including phenoxy) is 1. The SMILES string of the molecule is CN(C)CCCC1(c2ccc(F)cc2)OC(OS(N)(=O)=O)c2cc(C#N)ccc21. The summed E-state index contributed by atoms with van der Waals surface area (Å²) in [6.45, 7) is 0.763. The molecule has 2 atom stereocenters. The van der Waals surface area contributed by atoms with Crippen molar-refractivity contribution in [2.75, 3.05) is 20.6 Å². The number of benzene rings is 2. The van der Waals surface area contributed by atoms with E-state index in [1.807, 2.05) is 25.1 Å². The summed E-state index contributed by atoms with van der Waals surface area (Å²) in [5, 5.41) is 14.3. The van der Waals surface area contributed by atoms with E-state index < -0.39 is 28.0 Å². The van der Waals surface area contributed by atoms with Crippen LogP contribution in [-0.2, 0) is 24.8 Å². The number of nitrogens with zero attached hydrogens (tertiary/aromatic N) is 2. The Bertz CT molecular complexity index is 1030. The first kappa shape index (κ1) is 21.4. The van der Waals surface area contributed by atoms with Crippen molar-refractivity contribution in [3.8, 4) is 6.07 Å². The molecule has 0 saturated carbocycles. The molecule has 3 rings (SSSR count). The fourth-order valence-electron chi connectivity index (χ4n) is 3.62. The lowest BCUT2D eigenvalue weighted by Crippen LogP contribution is -2.30. The number of nitriles is 1. The van der Waals surface area contributed by atoms with E-state index in [9.17, 15) is 18.1 Å². The van der Waals surface area contributed by atoms with Crippen LogP contribution in [0.1, 0.15) is 41.4 Å². The molecule has 154 valence electrons. The molecular formula is C20H22FN3O4S. The van der Waals surface area contributed by atoms with E-state index in [4.69, 9.17) is 14.1 Å². The first-order valence-corrected chi connectivity index (χ1v) is 10.5. The maximum absolute atomic E-state index is 13.5. The summed E-state index contributed by atoms with van der Waals surface area (Å²) < 4.78 is 47.9. The minimum atomic E-state index is -4.32. The molecule has 9 heteroatoms. The van der Waals surface area contributed by atoms with Crippen molar-refractivity contribution in [3.05, 3.63) is 70.5 Å². The summed E-state index contributed by atoms with van der Waals surface area (Å²) in [5.74, 6) is -0.396. The van der Waals surface area contributed by atoms with Gasteiger partial charge in [-0.3, -0.25) is 0 Å². The van der Waals surface area contributed by atoms with E-state index in [0.29, 0.717) is 35.1 Å². The monoisotopic (exact) mass is 419 g/mol. The van der Waals surface area contributed by atoms with E-state index >= 15 is 0 Å². The Balaban J connectivity index is 2.14. The molecule has 0 bridgehead atoms. The lowest BCUT2D eigenvalue weighted by atomic mass is 9.81. The molecule has 0 radical (unpaired) electrons. The molecule has 0 spiro atoms. The molecule has 2 N–H and O–H groups in total. The minimum Gasteiger partial charge on any atom is -0.331 e. The average Bonchev–Trinajstić information content (AvgIpc) is 2.94. The van der Waals surface area contributed by atoms with Crippen molar-refractivity contribution in [2.45, 2.75) is 24.7 Å². The third-order valence-electron chi connectivity index (χ3n) is 4.84. The number of hydrogen-bond acceptors (Lipinski definition) is 6. The van der Waals surface area contributed by atoms with Gasteiger partial charge < -0.3 is 9.64 Å². The number of hydrogen-bond donors (Lipinski definition) is 1. The van der Waals surface area contributed by atoms with Gasteiger partial charge in [-0.05, 0) is 68.9 Å². The van der Waals surface area contributed by atoms with Crippen LogP contribution in [0.25, 0.3) is 0 Å². The summed E-state index contributed by atoms with van der Waals surface area (Å²) in [6, 6.07) is 12.8. The van der Waals surface area contributed by atoms with Gasteiger partial charge in [-0.25, -0.2) is 13.7 Å². The van der Waals surface area contributed by atoms with Gasteiger partial charge in [-0.1, -0.05) is 18.2 Å². The van der Waals surface area contributed by atoms with Crippen LogP contribution in [0.2, 0.25) is 0 Å². The first-order chi connectivity index (χ1) is 13.6. The molecule has 2 aromatic rings. The van der Waals surface area contributed by atoms with Crippen LogP contribution in [0, 0.1) is 17.1 Å². The van der Waals surface area contributed by atoms with Crippen molar-refractivity contribution in [3.63, 3.8) is 0 Å². The predicted molar refractivity (Wildman–Crippen MR) is 104 cm³/mol. The molecule has 7 nitrogen and oxygen atoms in total. The largest absolute Gasteiger partial charge is 0.336 e. The fourth-order valence-corrected chi connectivity index (χ4v) is 4.01. The second-order valence-electron chi connectivity index (χ2n) is 7.19. The van der Waals surface area contributed by atoms with E-state index in [1.165, 1.54) is 18.2 Å². The zero-order valence-corrected chi connectivity index (χ0v) is 16.9. The Hall–Kier alpha value is -2.35. The highest BCUT2D eigenvalue weighted by Gasteiger charge is 2.47. The quantitative estimate of drug-likeness (QED) is 0.739. The van der Waals surface area contributed by atoms with Gasteiger partial charge in [0.1, 0.15) is 11.4 Å². The molecule has 0 aromatic heterocycles. The van der Waals surface area contributed by atoms with E-state index in [0.717, 1.165) is 6.54 Å². The van der Waals surface area contributed by atoms with Crippen LogP contribution in [0.4, 0.5) is 4.39 Å². The zero-order chi connectivity index (χ0) is 21.2. The molecular weight excluding hydrogens is 397 g/mol. The number of rotatable bonds is 7. The van der Waals surface area contributed by atoms with Gasteiger partial charge in [0.25, 0.3) is 0 Å². The van der Waals surface area contributed by atoms with Gasteiger partial charge in [0.05, 0.1) is 11.6 Å². The Morgan fingerprint density at radius 3 is 2.55 bits per heavy atom. The van der Waals surface area contributed by atoms with Crippen LogP contribution in [0.5, 0.6) is 0 Å². The summed E-state index contributed by atoms with van der Waals surface area (Å²) in [6.07, 6.45) is -0.107. The first-order valence-electron chi connectivity index (χ1n) is 8.99. The van der Waals surface area contributed by atoms with Crippen LogP contribution in [0.15, 0.2) is 42.5 Å². The predicted octanol–water partition coefficient (Wildman–Crippen LogP) is 2.53. The van der Waals surface area contributed by atoms with Gasteiger partial charge in [-0.2, -0.15) is 13.7 Å². The van der Waals surface area contributed by atoms with Crippen LogP contribution < -0.4 is 5.14 Å². The van der Waals surface area contributed by atoms with Crippen molar-refractivity contribution < 1.29 is 21.7 Å². The molecule has 0 amide bonds. The molecule has 29 heavy (non-hydrogen) atoms. The van der Waals surface area contributed by atoms with Gasteiger partial charge in [0.2, 0.25) is 6.29 Å². The Kier molecular flexibility index (Phi) is 6.03. The topological polar surface area (TPSA) is 106 Å². The molecule has 0 fully saturated rings. The van der Waals surface area contributed by atoms with Crippen LogP contribution in [0.3, 0.4) is 0 Å². The third-order valence-corrected chi connectivity index (χ3v) is 5.29. The Labute approximate surface area is 169 Å². The second-order valence-corrected chi connectivity index (χ2v) is 8.37. The molecule has 0 aliphatic carbocycles. The Morgan fingerprint density at radius 2 is 1.97 bits per heavy atom. The van der Waals surface area contributed by atoms with Crippen molar-refractivity contribution >= 4 is 10.3 Å². The molecule has 1 heterocycles. The molecule has 2 unspecified atom stereocenters. The smallest absolute Gasteiger partial charge is 0.331 e. The van der Waals surface area contributed by atoms with Gasteiger partial charge in [0, 0.05) is 5.56 Å². The lowest BCUT2D eigenvalue weighted by molar-refractivity contribution is -0.142. The van der Waals surface area contributed by atoms with Crippen molar-refractivity contribution in [1.29, 1.82) is 5.26 Å². The molecule has 1 aliphatic rings. The maximum Gasteiger partial charge on any atom is 0.336 e.